The Balaban J connectivity index is 1.31. The lowest BCUT2D eigenvalue weighted by Gasteiger charge is -2.17. The molecule has 0 aliphatic carbocycles. The third-order valence-corrected chi connectivity index (χ3v) is 5.75. The number of benzene rings is 3. The molecule has 8 nitrogen and oxygen atoms in total. The predicted octanol–water partition coefficient (Wildman–Crippen LogP) is 4.64. The molecule has 0 aromatic heterocycles. The maximum absolute atomic E-state index is 12.6. The molecular formula is C28H28N2O6. The zero-order chi connectivity index (χ0) is 25.7. The number of nitrogens with zero attached hydrogens (tertiary/aromatic N) is 1. The number of rotatable bonds is 8. The second kappa shape index (κ2) is 10.9. The van der Waals surface area contributed by atoms with Crippen LogP contribution in [0.15, 0.2) is 66.7 Å². The Labute approximate surface area is 209 Å². The maximum atomic E-state index is 12.6. The fraction of sp³-hybridized carbons (Fsp3) is 0.250. The zero-order valence-electron chi connectivity index (χ0n) is 20.4. The van der Waals surface area contributed by atoms with Crippen molar-refractivity contribution in [3.63, 3.8) is 0 Å². The topological polar surface area (TPSA) is 94.2 Å². The van der Waals surface area contributed by atoms with Crippen molar-refractivity contribution in [3.8, 4) is 17.2 Å². The smallest absolute Gasteiger partial charge is 0.311 e. The fourth-order valence-corrected chi connectivity index (χ4v) is 4.14. The molecule has 1 aliphatic heterocycles. The third kappa shape index (κ3) is 6.02. The molecule has 1 N–H and O–H groups in total. The largest absolute Gasteiger partial charge is 0.493 e. The summed E-state index contributed by atoms with van der Waals surface area (Å²) in [6, 6.07) is 20.0. The van der Waals surface area contributed by atoms with E-state index in [1.54, 1.807) is 43.5 Å². The lowest BCUT2D eigenvalue weighted by molar-refractivity contribution is -0.151. The van der Waals surface area contributed by atoms with Crippen LogP contribution in [0.4, 0.5) is 11.4 Å². The number of aryl methyl sites for hydroxylation is 2. The molecule has 186 valence electrons. The van der Waals surface area contributed by atoms with Crippen LogP contribution in [0, 0.1) is 19.8 Å². The van der Waals surface area contributed by atoms with Crippen molar-refractivity contribution in [2.75, 3.05) is 30.5 Å². The van der Waals surface area contributed by atoms with Gasteiger partial charge in [0.15, 0.2) is 18.1 Å². The van der Waals surface area contributed by atoms with Crippen LogP contribution in [0.1, 0.15) is 17.5 Å². The standard InChI is InChI=1S/C28H28N2O6/c1-18-12-19(2)14-21(13-18)29-26(31)17-35-28(33)20-15-27(32)30(16-20)22-8-10-23(11-9-22)36-25-7-5-4-6-24(25)34-3/h4-14,20H,15-17H2,1-3H3,(H,29,31)/t20-/m1/s1. The number of para-hydroxylation sites is 2. The van der Waals surface area contributed by atoms with E-state index in [4.69, 9.17) is 14.2 Å². The number of amides is 2. The minimum Gasteiger partial charge on any atom is -0.493 e. The first-order chi connectivity index (χ1) is 17.3. The van der Waals surface area contributed by atoms with Crippen molar-refractivity contribution in [2.45, 2.75) is 20.3 Å². The normalized spacial score (nSPS) is 14.9. The van der Waals surface area contributed by atoms with Crippen molar-refractivity contribution in [1.29, 1.82) is 0 Å². The quantitative estimate of drug-likeness (QED) is 0.465. The summed E-state index contributed by atoms with van der Waals surface area (Å²) in [5.74, 6) is -0.0563. The van der Waals surface area contributed by atoms with E-state index < -0.39 is 24.4 Å². The van der Waals surface area contributed by atoms with Crippen LogP contribution >= 0.6 is 0 Å². The number of carbonyl (C=O) groups excluding carboxylic acids is 3. The summed E-state index contributed by atoms with van der Waals surface area (Å²) in [6.07, 6.45) is 0.0248. The van der Waals surface area contributed by atoms with Crippen LogP contribution in [0.25, 0.3) is 0 Å². The molecule has 2 amide bonds. The summed E-state index contributed by atoms with van der Waals surface area (Å²) in [5.41, 5.74) is 3.33. The van der Waals surface area contributed by atoms with Crippen LogP contribution in [-0.2, 0) is 19.1 Å². The Kier molecular flexibility index (Phi) is 7.53. The Morgan fingerprint density at radius 1 is 0.972 bits per heavy atom. The Bertz CT molecular complexity index is 1250. The summed E-state index contributed by atoms with van der Waals surface area (Å²) >= 11 is 0. The molecule has 1 heterocycles. The maximum Gasteiger partial charge on any atom is 0.311 e. The van der Waals surface area contributed by atoms with Crippen molar-refractivity contribution in [2.24, 2.45) is 5.92 Å². The van der Waals surface area contributed by atoms with Gasteiger partial charge in [-0.2, -0.15) is 0 Å². The number of nitrogens with one attached hydrogen (secondary N) is 1. The highest BCUT2D eigenvalue weighted by Gasteiger charge is 2.36. The molecule has 3 aromatic carbocycles. The predicted molar refractivity (Wildman–Crippen MR) is 135 cm³/mol. The first kappa shape index (κ1) is 24.8. The van der Waals surface area contributed by atoms with E-state index in [9.17, 15) is 14.4 Å². The molecular weight excluding hydrogens is 460 g/mol. The van der Waals surface area contributed by atoms with E-state index >= 15 is 0 Å². The Morgan fingerprint density at radius 2 is 1.64 bits per heavy atom. The molecule has 0 unspecified atom stereocenters. The van der Waals surface area contributed by atoms with Gasteiger partial charge in [0.25, 0.3) is 5.91 Å². The van der Waals surface area contributed by atoms with Gasteiger partial charge in [-0.1, -0.05) is 18.2 Å². The number of carbonyl (C=O) groups is 3. The van der Waals surface area contributed by atoms with E-state index in [1.165, 1.54) is 4.90 Å². The van der Waals surface area contributed by atoms with Crippen LogP contribution in [0.2, 0.25) is 0 Å². The van der Waals surface area contributed by atoms with E-state index in [1.807, 2.05) is 44.2 Å². The molecule has 3 aromatic rings. The number of hydrogen-bond acceptors (Lipinski definition) is 6. The van der Waals surface area contributed by atoms with Gasteiger partial charge < -0.3 is 24.4 Å². The summed E-state index contributed by atoms with van der Waals surface area (Å²) in [4.78, 5) is 38.9. The lowest BCUT2D eigenvalue weighted by atomic mass is 10.1. The van der Waals surface area contributed by atoms with E-state index in [-0.39, 0.29) is 18.9 Å². The van der Waals surface area contributed by atoms with E-state index in [0.29, 0.717) is 28.6 Å². The van der Waals surface area contributed by atoms with Crippen LogP contribution in [0.3, 0.4) is 0 Å². The number of hydrogen-bond donors (Lipinski definition) is 1. The number of methoxy groups -OCH3 is 1. The van der Waals surface area contributed by atoms with Gasteiger partial charge in [0.1, 0.15) is 5.75 Å². The third-order valence-electron chi connectivity index (χ3n) is 5.75. The fourth-order valence-electron chi connectivity index (χ4n) is 4.14. The molecule has 8 heteroatoms. The zero-order valence-corrected chi connectivity index (χ0v) is 20.4. The highest BCUT2D eigenvalue weighted by molar-refractivity contribution is 6.00. The molecule has 36 heavy (non-hydrogen) atoms. The molecule has 1 atom stereocenters. The van der Waals surface area contributed by atoms with Gasteiger partial charge in [-0.05, 0) is 73.5 Å². The summed E-state index contributed by atoms with van der Waals surface area (Å²) in [5, 5.41) is 2.73. The van der Waals surface area contributed by atoms with Gasteiger partial charge in [0.05, 0.1) is 13.0 Å². The van der Waals surface area contributed by atoms with Gasteiger partial charge in [-0.25, -0.2) is 0 Å². The van der Waals surface area contributed by atoms with Crippen molar-refractivity contribution in [3.05, 3.63) is 77.9 Å². The lowest BCUT2D eigenvalue weighted by Crippen LogP contribution is -2.28. The number of ether oxygens (including phenoxy) is 3. The van der Waals surface area contributed by atoms with Crippen LogP contribution in [-0.4, -0.2) is 38.0 Å². The van der Waals surface area contributed by atoms with Gasteiger partial charge in [-0.15, -0.1) is 0 Å². The molecule has 4 rings (SSSR count). The van der Waals surface area contributed by atoms with Crippen LogP contribution < -0.4 is 19.7 Å². The van der Waals surface area contributed by atoms with E-state index in [0.717, 1.165) is 11.1 Å². The molecule has 0 spiro atoms. The van der Waals surface area contributed by atoms with Crippen molar-refractivity contribution < 1.29 is 28.6 Å². The average Bonchev–Trinajstić information content (AvgIpc) is 3.24. The van der Waals surface area contributed by atoms with Gasteiger partial charge in [-0.3, -0.25) is 14.4 Å². The Hall–Kier alpha value is -4.33. The number of anilines is 2. The second-order valence-electron chi connectivity index (χ2n) is 8.68. The average molecular weight is 489 g/mol. The molecule has 0 bridgehead atoms. The first-order valence-corrected chi connectivity index (χ1v) is 11.6. The molecule has 1 fully saturated rings. The van der Waals surface area contributed by atoms with E-state index in [2.05, 4.69) is 5.32 Å². The van der Waals surface area contributed by atoms with Gasteiger partial charge in [0.2, 0.25) is 5.91 Å². The summed E-state index contributed by atoms with van der Waals surface area (Å²) in [6.45, 7) is 3.65. The van der Waals surface area contributed by atoms with Gasteiger partial charge >= 0.3 is 5.97 Å². The first-order valence-electron chi connectivity index (χ1n) is 11.6. The summed E-state index contributed by atoms with van der Waals surface area (Å²) in [7, 11) is 1.57. The molecule has 1 saturated heterocycles. The second-order valence-corrected chi connectivity index (χ2v) is 8.68. The SMILES string of the molecule is COc1ccccc1Oc1ccc(N2C[C@H](C(=O)OCC(=O)Nc3cc(C)cc(C)c3)CC2=O)cc1. The minimum atomic E-state index is -0.643. The Morgan fingerprint density at radius 3 is 2.31 bits per heavy atom. The van der Waals surface area contributed by atoms with Crippen molar-refractivity contribution in [1.82, 2.24) is 0 Å². The molecule has 0 saturated carbocycles. The highest BCUT2D eigenvalue weighted by Crippen LogP contribution is 2.33. The molecule has 1 aliphatic rings. The number of esters is 1. The summed E-state index contributed by atoms with van der Waals surface area (Å²) < 4.78 is 16.4. The van der Waals surface area contributed by atoms with Crippen LogP contribution in [0.5, 0.6) is 17.2 Å². The minimum absolute atomic E-state index is 0.0248. The van der Waals surface area contributed by atoms with Gasteiger partial charge in [0, 0.05) is 24.3 Å². The monoisotopic (exact) mass is 488 g/mol. The van der Waals surface area contributed by atoms with Crippen molar-refractivity contribution >= 4 is 29.2 Å². The molecule has 0 radical (unpaired) electrons. The highest BCUT2D eigenvalue weighted by atomic mass is 16.5.